The molecule has 4 heteroatoms. The predicted octanol–water partition coefficient (Wildman–Crippen LogP) is 2.63. The number of ether oxygens (including phenoxy) is 1. The van der Waals surface area contributed by atoms with E-state index >= 15 is 0 Å². The monoisotopic (exact) mass is 253 g/mol. The molecule has 2 N–H and O–H groups in total. The summed E-state index contributed by atoms with van der Waals surface area (Å²) >= 11 is 0. The van der Waals surface area contributed by atoms with E-state index in [2.05, 4.69) is 5.32 Å². The normalized spacial score (nSPS) is 15.3. The molecule has 0 saturated heterocycles. The molecule has 18 heavy (non-hydrogen) atoms. The highest BCUT2D eigenvalue weighted by Crippen LogP contribution is 2.17. The summed E-state index contributed by atoms with van der Waals surface area (Å²) < 4.78 is 19.7. The van der Waals surface area contributed by atoms with Gasteiger partial charge in [-0.25, -0.2) is 4.79 Å². The van der Waals surface area contributed by atoms with Crippen LogP contribution >= 0.6 is 0 Å². The molecule has 0 saturated carbocycles. The summed E-state index contributed by atoms with van der Waals surface area (Å²) in [5.74, 6) is 0. The van der Waals surface area contributed by atoms with Crippen LogP contribution in [0.5, 0.6) is 0 Å². The van der Waals surface area contributed by atoms with Crippen LogP contribution in [0.1, 0.15) is 41.5 Å². The summed E-state index contributed by atoms with van der Waals surface area (Å²) in [6.07, 6.45) is -0.897. The van der Waals surface area contributed by atoms with Gasteiger partial charge in [0.25, 0.3) is 0 Å². The number of rotatable bonds is 4. The van der Waals surface area contributed by atoms with Gasteiger partial charge in [-0.2, -0.15) is 0 Å². The van der Waals surface area contributed by atoms with E-state index in [0.717, 1.165) is 0 Å². The third kappa shape index (κ3) is 5.19. The van der Waals surface area contributed by atoms with Crippen molar-refractivity contribution in [3.05, 3.63) is 35.9 Å². The first kappa shape index (κ1) is 11.5. The molecule has 0 unspecified atom stereocenters. The van der Waals surface area contributed by atoms with Gasteiger partial charge < -0.3 is 15.2 Å². The van der Waals surface area contributed by atoms with Crippen molar-refractivity contribution in [2.75, 3.05) is 6.56 Å². The van der Waals surface area contributed by atoms with Crippen LogP contribution in [0.3, 0.4) is 0 Å². The highest BCUT2D eigenvalue weighted by Gasteiger charge is 2.20. The predicted molar refractivity (Wildman–Crippen MR) is 70.3 cm³/mol. The smallest absolute Gasteiger partial charge is 0.408 e. The number of hydrogen-bond donors (Lipinski definition) is 2. The first-order valence-corrected chi connectivity index (χ1v) is 5.84. The van der Waals surface area contributed by atoms with Gasteiger partial charge >= 0.3 is 6.09 Å². The van der Waals surface area contributed by atoms with Gasteiger partial charge in [0.2, 0.25) is 0 Å². The summed E-state index contributed by atoms with van der Waals surface area (Å²) in [5, 5.41) is 11.9. The Kier molecular flexibility index (Phi) is 4.10. The van der Waals surface area contributed by atoms with Gasteiger partial charge in [-0.3, -0.25) is 0 Å². The van der Waals surface area contributed by atoms with Crippen molar-refractivity contribution in [3.8, 4) is 0 Å². The summed E-state index contributed by atoms with van der Waals surface area (Å²) in [7, 11) is 0. The highest BCUT2D eigenvalue weighted by molar-refractivity contribution is 5.68. The molecular formula is C14H21NO3. The fraction of sp³-hybridized carbons (Fsp3) is 0.500. The SMILES string of the molecule is [2H]C([2H])(O)C[C@H](NC(=O)OC(C)(C)C)c1ccccc1. The van der Waals surface area contributed by atoms with E-state index in [0.29, 0.717) is 5.56 Å². The van der Waals surface area contributed by atoms with Crippen LogP contribution in [0.25, 0.3) is 0 Å². The van der Waals surface area contributed by atoms with Crippen molar-refractivity contribution in [2.45, 2.75) is 38.8 Å². The van der Waals surface area contributed by atoms with E-state index in [4.69, 9.17) is 7.48 Å². The van der Waals surface area contributed by atoms with Crippen molar-refractivity contribution < 1.29 is 17.4 Å². The minimum absolute atomic E-state index is 0.254. The van der Waals surface area contributed by atoms with E-state index in [1.807, 2.05) is 6.07 Å². The second-order valence-electron chi connectivity index (χ2n) is 4.97. The fourth-order valence-corrected chi connectivity index (χ4v) is 1.48. The highest BCUT2D eigenvalue weighted by atomic mass is 16.6. The van der Waals surface area contributed by atoms with Crippen molar-refractivity contribution >= 4 is 6.09 Å². The molecule has 4 nitrogen and oxygen atoms in total. The van der Waals surface area contributed by atoms with E-state index in [-0.39, 0.29) is 6.42 Å². The van der Waals surface area contributed by atoms with Crippen LogP contribution in [0, 0.1) is 0 Å². The minimum Gasteiger partial charge on any atom is -0.444 e. The molecule has 0 spiro atoms. The molecular weight excluding hydrogens is 230 g/mol. The van der Waals surface area contributed by atoms with Gasteiger partial charge in [0.1, 0.15) is 5.60 Å². The zero-order valence-corrected chi connectivity index (χ0v) is 10.9. The van der Waals surface area contributed by atoms with Crippen LogP contribution < -0.4 is 5.32 Å². The maximum Gasteiger partial charge on any atom is 0.408 e. The van der Waals surface area contributed by atoms with Crippen LogP contribution in [0.4, 0.5) is 4.79 Å². The lowest BCUT2D eigenvalue weighted by molar-refractivity contribution is 0.0496. The van der Waals surface area contributed by atoms with Gasteiger partial charge in [-0.15, -0.1) is 0 Å². The molecule has 0 aliphatic heterocycles. The second-order valence-corrected chi connectivity index (χ2v) is 4.97. The van der Waals surface area contributed by atoms with Crippen LogP contribution in [0.2, 0.25) is 0 Å². The molecule has 1 rings (SSSR count). The Balaban J connectivity index is 2.82. The number of benzene rings is 1. The third-order valence-corrected chi connectivity index (χ3v) is 2.19. The lowest BCUT2D eigenvalue weighted by atomic mass is 10.0. The van der Waals surface area contributed by atoms with Gasteiger partial charge in [0.15, 0.2) is 0 Å². The molecule has 0 bridgehead atoms. The van der Waals surface area contributed by atoms with Crippen molar-refractivity contribution in [3.63, 3.8) is 0 Å². The zero-order chi connectivity index (χ0) is 15.4. The third-order valence-electron chi connectivity index (χ3n) is 2.19. The summed E-state index contributed by atoms with van der Waals surface area (Å²) in [5.41, 5.74) is 0.0695. The summed E-state index contributed by atoms with van der Waals surface area (Å²) in [6.45, 7) is 2.86. The average Bonchev–Trinajstić information content (AvgIpc) is 2.25. The molecule has 1 amide bonds. The standard InChI is InChI=1S/C14H21NO3/c1-14(2,3)18-13(17)15-12(9-10-16)11-7-5-4-6-8-11/h4-8,12,16H,9-10H2,1-3H3,(H,15,17)/t12-/m0/s1/i10D2. The number of alkyl carbamates (subject to hydrolysis) is 1. The topological polar surface area (TPSA) is 58.6 Å². The molecule has 0 aliphatic rings. The molecule has 0 heterocycles. The lowest BCUT2D eigenvalue weighted by Crippen LogP contribution is -2.35. The fourth-order valence-electron chi connectivity index (χ4n) is 1.48. The first-order chi connectivity index (χ1) is 9.07. The van der Waals surface area contributed by atoms with E-state index in [1.165, 1.54) is 0 Å². The molecule has 0 radical (unpaired) electrons. The zero-order valence-electron chi connectivity index (χ0n) is 12.9. The number of nitrogens with one attached hydrogen (secondary N) is 1. The Labute approximate surface area is 111 Å². The number of amides is 1. The van der Waals surface area contributed by atoms with Crippen molar-refractivity contribution in [1.82, 2.24) is 5.32 Å². The first-order valence-electron chi connectivity index (χ1n) is 6.84. The molecule has 1 aromatic carbocycles. The summed E-state index contributed by atoms with van der Waals surface area (Å²) in [4.78, 5) is 11.8. The molecule has 0 fully saturated rings. The molecule has 0 aliphatic carbocycles. The average molecular weight is 253 g/mol. The number of hydrogen-bond acceptors (Lipinski definition) is 3. The van der Waals surface area contributed by atoms with Crippen LogP contribution in [-0.2, 0) is 4.74 Å². The number of carbonyl (C=O) groups excluding carboxylic acids is 1. The Bertz CT molecular complexity index is 438. The van der Waals surface area contributed by atoms with Gasteiger partial charge in [-0.05, 0) is 32.8 Å². The van der Waals surface area contributed by atoms with Crippen LogP contribution in [-0.4, -0.2) is 23.4 Å². The molecule has 1 aromatic rings. The van der Waals surface area contributed by atoms with E-state index in [9.17, 15) is 9.90 Å². The van der Waals surface area contributed by atoms with Crippen molar-refractivity contribution in [2.24, 2.45) is 0 Å². The quantitative estimate of drug-likeness (QED) is 0.867. The molecule has 1 atom stereocenters. The maximum atomic E-state index is 11.8. The minimum atomic E-state index is -2.38. The largest absolute Gasteiger partial charge is 0.444 e. The maximum absolute atomic E-state index is 11.8. The van der Waals surface area contributed by atoms with Gasteiger partial charge in [0.05, 0.1) is 8.78 Å². The Hall–Kier alpha value is -1.55. The number of carbonyl (C=O) groups is 1. The number of aliphatic hydroxyl groups is 1. The van der Waals surface area contributed by atoms with E-state index < -0.39 is 24.3 Å². The van der Waals surface area contributed by atoms with Crippen LogP contribution in [0.15, 0.2) is 30.3 Å². The Morgan fingerprint density at radius 2 is 2.06 bits per heavy atom. The van der Waals surface area contributed by atoms with Gasteiger partial charge in [-0.1, -0.05) is 30.3 Å². The Morgan fingerprint density at radius 3 is 2.56 bits per heavy atom. The molecule has 100 valence electrons. The van der Waals surface area contributed by atoms with Gasteiger partial charge in [0, 0.05) is 6.56 Å². The summed E-state index contributed by atoms with van der Waals surface area (Å²) in [6, 6.07) is 8.24. The molecule has 0 aromatic heterocycles. The Morgan fingerprint density at radius 1 is 1.44 bits per heavy atom. The second kappa shape index (κ2) is 6.40. The van der Waals surface area contributed by atoms with Crippen molar-refractivity contribution in [1.29, 1.82) is 0 Å². The van der Waals surface area contributed by atoms with E-state index in [1.54, 1.807) is 45.0 Å². The lowest BCUT2D eigenvalue weighted by Gasteiger charge is -2.23.